The third-order valence-electron chi connectivity index (χ3n) is 2.88. The zero-order chi connectivity index (χ0) is 14.7. The number of nitro benzene ring substituents is 2. The number of aromatic nitrogens is 1. The molecule has 0 bridgehead atoms. The fraction of sp³-hybridized carbons (Fsp3) is 0.167. The number of nitro groups is 2. The molecule has 0 amide bonds. The second-order valence-electron chi connectivity index (χ2n) is 4.22. The van der Waals surface area contributed by atoms with Crippen LogP contribution in [-0.4, -0.2) is 14.4 Å². The fourth-order valence-electron chi connectivity index (χ4n) is 1.88. The van der Waals surface area contributed by atoms with Gasteiger partial charge in [0.05, 0.1) is 22.5 Å². The Hall–Kier alpha value is -2.74. The van der Waals surface area contributed by atoms with Gasteiger partial charge in [-0.05, 0) is 17.7 Å². The molecule has 2 aromatic rings. The first kappa shape index (κ1) is 13.7. The average molecular weight is 276 g/mol. The molecule has 0 atom stereocenters. The summed E-state index contributed by atoms with van der Waals surface area (Å²) in [6.45, 7) is 0.643. The van der Waals surface area contributed by atoms with E-state index in [4.69, 9.17) is 5.73 Å². The van der Waals surface area contributed by atoms with E-state index in [2.05, 4.69) is 0 Å². The van der Waals surface area contributed by atoms with E-state index in [1.54, 1.807) is 17.0 Å². The molecule has 0 aliphatic heterocycles. The number of hydrogen-bond donors (Lipinski definition) is 1. The van der Waals surface area contributed by atoms with Crippen LogP contribution in [-0.2, 0) is 13.1 Å². The third kappa shape index (κ3) is 2.81. The molecule has 1 heterocycles. The molecule has 0 unspecified atom stereocenters. The van der Waals surface area contributed by atoms with Gasteiger partial charge in [0, 0.05) is 30.6 Å². The summed E-state index contributed by atoms with van der Waals surface area (Å²) in [5, 5.41) is 21.7. The molecule has 0 spiro atoms. The van der Waals surface area contributed by atoms with Gasteiger partial charge in [0.25, 0.3) is 11.4 Å². The molecule has 2 N–H and O–H groups in total. The molecule has 0 radical (unpaired) electrons. The molecular formula is C12H12N4O4. The summed E-state index contributed by atoms with van der Waals surface area (Å²) in [5.74, 6) is 0. The van der Waals surface area contributed by atoms with E-state index in [9.17, 15) is 20.2 Å². The highest BCUT2D eigenvalue weighted by atomic mass is 16.6. The van der Waals surface area contributed by atoms with Gasteiger partial charge < -0.3 is 10.3 Å². The lowest BCUT2D eigenvalue weighted by Gasteiger charge is -2.04. The van der Waals surface area contributed by atoms with Crippen LogP contribution in [0.4, 0.5) is 11.4 Å². The van der Waals surface area contributed by atoms with Crippen LogP contribution in [0.3, 0.4) is 0 Å². The normalized spacial score (nSPS) is 10.4. The van der Waals surface area contributed by atoms with Crippen molar-refractivity contribution in [2.75, 3.05) is 0 Å². The SMILES string of the molecule is NCc1ccn(Cc2ccc([N+](=O)[O-])cc2[N+](=O)[O-])c1. The van der Waals surface area contributed by atoms with Crippen molar-refractivity contribution in [2.45, 2.75) is 13.1 Å². The first-order valence-electron chi connectivity index (χ1n) is 5.77. The van der Waals surface area contributed by atoms with E-state index in [0.717, 1.165) is 11.6 Å². The van der Waals surface area contributed by atoms with E-state index in [-0.39, 0.29) is 17.9 Å². The molecule has 20 heavy (non-hydrogen) atoms. The van der Waals surface area contributed by atoms with Gasteiger partial charge in [-0.25, -0.2) is 0 Å². The van der Waals surface area contributed by atoms with Gasteiger partial charge in [-0.2, -0.15) is 0 Å². The van der Waals surface area contributed by atoms with Gasteiger partial charge >= 0.3 is 0 Å². The average Bonchev–Trinajstić information content (AvgIpc) is 2.86. The largest absolute Gasteiger partial charge is 0.349 e. The van der Waals surface area contributed by atoms with Gasteiger partial charge in [-0.3, -0.25) is 20.2 Å². The molecule has 0 saturated carbocycles. The van der Waals surface area contributed by atoms with Gasteiger partial charge in [-0.15, -0.1) is 0 Å². The Morgan fingerprint density at radius 1 is 1.15 bits per heavy atom. The van der Waals surface area contributed by atoms with Crippen molar-refractivity contribution in [1.29, 1.82) is 0 Å². The van der Waals surface area contributed by atoms with Crippen molar-refractivity contribution in [3.63, 3.8) is 0 Å². The number of nitrogens with zero attached hydrogens (tertiary/aromatic N) is 3. The first-order chi connectivity index (χ1) is 9.51. The monoisotopic (exact) mass is 276 g/mol. The Bertz CT molecular complexity index is 665. The minimum absolute atomic E-state index is 0.258. The van der Waals surface area contributed by atoms with Crippen LogP contribution in [0, 0.1) is 20.2 Å². The van der Waals surface area contributed by atoms with Crippen molar-refractivity contribution in [1.82, 2.24) is 4.57 Å². The smallest absolute Gasteiger partial charge is 0.281 e. The number of rotatable bonds is 5. The summed E-state index contributed by atoms with van der Waals surface area (Å²) in [6.07, 6.45) is 3.54. The zero-order valence-corrected chi connectivity index (χ0v) is 10.4. The van der Waals surface area contributed by atoms with Crippen LogP contribution in [0.25, 0.3) is 0 Å². The molecule has 8 nitrogen and oxygen atoms in total. The Morgan fingerprint density at radius 2 is 1.90 bits per heavy atom. The zero-order valence-electron chi connectivity index (χ0n) is 10.4. The number of hydrogen-bond acceptors (Lipinski definition) is 5. The first-order valence-corrected chi connectivity index (χ1v) is 5.77. The van der Waals surface area contributed by atoms with Gasteiger partial charge in [0.15, 0.2) is 0 Å². The van der Waals surface area contributed by atoms with Gasteiger partial charge in [-0.1, -0.05) is 0 Å². The van der Waals surface area contributed by atoms with Crippen molar-refractivity contribution >= 4 is 11.4 Å². The van der Waals surface area contributed by atoms with Crippen molar-refractivity contribution in [3.8, 4) is 0 Å². The van der Waals surface area contributed by atoms with Crippen molar-refractivity contribution in [2.24, 2.45) is 5.73 Å². The standard InChI is InChI=1S/C12H12N4O4/c13-6-9-3-4-14(7-9)8-10-1-2-11(15(17)18)5-12(10)16(19)20/h1-5,7H,6,8,13H2. The highest BCUT2D eigenvalue weighted by Crippen LogP contribution is 2.25. The van der Waals surface area contributed by atoms with E-state index >= 15 is 0 Å². The number of benzene rings is 1. The van der Waals surface area contributed by atoms with Crippen LogP contribution >= 0.6 is 0 Å². The highest BCUT2D eigenvalue weighted by Gasteiger charge is 2.19. The lowest BCUT2D eigenvalue weighted by atomic mass is 10.1. The van der Waals surface area contributed by atoms with E-state index in [1.165, 1.54) is 12.1 Å². The summed E-state index contributed by atoms with van der Waals surface area (Å²) in [6, 6.07) is 5.45. The molecular weight excluding hydrogens is 264 g/mol. The Morgan fingerprint density at radius 3 is 2.45 bits per heavy atom. The second kappa shape index (κ2) is 5.49. The van der Waals surface area contributed by atoms with Crippen LogP contribution in [0.1, 0.15) is 11.1 Å². The molecule has 0 aliphatic rings. The van der Waals surface area contributed by atoms with Crippen LogP contribution in [0.2, 0.25) is 0 Å². The maximum absolute atomic E-state index is 11.0. The maximum atomic E-state index is 11.0. The van der Waals surface area contributed by atoms with E-state index in [0.29, 0.717) is 12.1 Å². The molecule has 1 aromatic heterocycles. The summed E-state index contributed by atoms with van der Waals surface area (Å²) in [4.78, 5) is 20.4. The molecule has 0 aliphatic carbocycles. The van der Waals surface area contributed by atoms with Gasteiger partial charge in [0.1, 0.15) is 0 Å². The Labute approximate surface area is 113 Å². The fourth-order valence-corrected chi connectivity index (χ4v) is 1.88. The van der Waals surface area contributed by atoms with Crippen molar-refractivity contribution < 1.29 is 9.85 Å². The van der Waals surface area contributed by atoms with Gasteiger partial charge in [0.2, 0.25) is 0 Å². The van der Waals surface area contributed by atoms with E-state index in [1.807, 2.05) is 6.07 Å². The number of non-ortho nitro benzene ring substituents is 1. The number of nitrogens with two attached hydrogens (primary N) is 1. The minimum atomic E-state index is -0.654. The molecule has 0 saturated heterocycles. The molecule has 0 fully saturated rings. The topological polar surface area (TPSA) is 117 Å². The quantitative estimate of drug-likeness (QED) is 0.660. The van der Waals surface area contributed by atoms with Crippen LogP contribution in [0.15, 0.2) is 36.7 Å². The summed E-state index contributed by atoms with van der Waals surface area (Å²) in [5.41, 5.74) is 6.25. The molecule has 8 heteroatoms. The van der Waals surface area contributed by atoms with Crippen LogP contribution < -0.4 is 5.73 Å². The Kier molecular flexibility index (Phi) is 3.76. The summed E-state index contributed by atoms with van der Waals surface area (Å²) >= 11 is 0. The maximum Gasteiger partial charge on any atom is 0.281 e. The predicted molar refractivity (Wildman–Crippen MR) is 71.2 cm³/mol. The van der Waals surface area contributed by atoms with E-state index < -0.39 is 9.85 Å². The summed E-state index contributed by atoms with van der Waals surface area (Å²) < 4.78 is 1.75. The molecule has 2 rings (SSSR count). The van der Waals surface area contributed by atoms with Crippen LogP contribution in [0.5, 0.6) is 0 Å². The Balaban J connectivity index is 2.35. The summed E-state index contributed by atoms with van der Waals surface area (Å²) in [7, 11) is 0. The predicted octanol–water partition coefficient (Wildman–Crippen LogP) is 1.81. The van der Waals surface area contributed by atoms with Crippen molar-refractivity contribution in [3.05, 3.63) is 68.0 Å². The lowest BCUT2D eigenvalue weighted by molar-refractivity contribution is -0.394. The highest BCUT2D eigenvalue weighted by molar-refractivity contribution is 5.49. The third-order valence-corrected chi connectivity index (χ3v) is 2.88. The molecule has 1 aromatic carbocycles. The second-order valence-corrected chi connectivity index (χ2v) is 4.22. The minimum Gasteiger partial charge on any atom is -0.349 e. The lowest BCUT2D eigenvalue weighted by Crippen LogP contribution is -2.03. The molecule has 104 valence electrons.